The summed E-state index contributed by atoms with van der Waals surface area (Å²) in [4.78, 5) is 2.37. The Morgan fingerprint density at radius 1 is 0.840 bits per heavy atom. The molecular weight excluding hydrogens is 349 g/mol. The van der Waals surface area contributed by atoms with Crippen LogP contribution in [-0.4, -0.2) is 0 Å². The van der Waals surface area contributed by atoms with Crippen LogP contribution in [0, 0.1) is 0 Å². The Labute approximate surface area is 159 Å². The first-order valence-corrected chi connectivity index (χ1v) is 9.59. The molecule has 0 bridgehead atoms. The van der Waals surface area contributed by atoms with Gasteiger partial charge in [0.2, 0.25) is 0 Å². The van der Waals surface area contributed by atoms with Gasteiger partial charge in [0, 0.05) is 33.5 Å². The lowest BCUT2D eigenvalue weighted by Crippen LogP contribution is -2.27. The summed E-state index contributed by atoms with van der Waals surface area (Å²) in [6.45, 7) is 2.24. The lowest BCUT2D eigenvalue weighted by molar-refractivity contribution is 0.616. The summed E-state index contributed by atoms with van der Waals surface area (Å²) in [5.41, 5.74) is 6.91. The van der Waals surface area contributed by atoms with Crippen molar-refractivity contribution in [2.24, 2.45) is 0 Å². The minimum atomic E-state index is 0.371. The number of hydrogen-bond acceptors (Lipinski definition) is 1. The van der Waals surface area contributed by atoms with E-state index in [0.717, 1.165) is 22.9 Å². The molecule has 0 saturated carbocycles. The average molecular weight is 370 g/mol. The molecule has 0 radical (unpaired) electrons. The quantitative estimate of drug-likeness (QED) is 0.535. The lowest BCUT2D eigenvalue weighted by atomic mass is 9.77. The van der Waals surface area contributed by atoms with Crippen molar-refractivity contribution >= 4 is 28.9 Å². The SMILES string of the molecule is CC1=CN(c2ccc(Cl)cc2)C2=C(CCCC2)[C@@H]1c1ccc(Cl)cc1. The molecule has 0 saturated heterocycles. The highest BCUT2D eigenvalue weighted by molar-refractivity contribution is 6.30. The van der Waals surface area contributed by atoms with E-state index in [1.165, 1.54) is 35.4 Å². The molecule has 1 aliphatic heterocycles. The van der Waals surface area contributed by atoms with E-state index >= 15 is 0 Å². The summed E-state index contributed by atoms with van der Waals surface area (Å²) in [5.74, 6) is 0.371. The first kappa shape index (κ1) is 16.8. The zero-order chi connectivity index (χ0) is 17.4. The second-order valence-corrected chi connectivity index (χ2v) is 7.76. The van der Waals surface area contributed by atoms with Gasteiger partial charge in [-0.3, -0.25) is 0 Å². The summed E-state index contributed by atoms with van der Waals surface area (Å²) < 4.78 is 0. The summed E-state index contributed by atoms with van der Waals surface area (Å²) in [6, 6.07) is 16.5. The Bertz CT molecular complexity index is 831. The van der Waals surface area contributed by atoms with Gasteiger partial charge in [0.15, 0.2) is 0 Å². The normalized spacial score (nSPS) is 20.4. The van der Waals surface area contributed by atoms with Gasteiger partial charge in [0.25, 0.3) is 0 Å². The van der Waals surface area contributed by atoms with Crippen LogP contribution in [0.1, 0.15) is 44.1 Å². The van der Waals surface area contributed by atoms with Crippen LogP contribution in [-0.2, 0) is 0 Å². The largest absolute Gasteiger partial charge is 0.321 e. The summed E-state index contributed by atoms with van der Waals surface area (Å²) in [7, 11) is 0. The van der Waals surface area contributed by atoms with Crippen molar-refractivity contribution in [1.82, 2.24) is 0 Å². The monoisotopic (exact) mass is 369 g/mol. The van der Waals surface area contributed by atoms with Crippen LogP contribution in [0.3, 0.4) is 0 Å². The lowest BCUT2D eigenvalue weighted by Gasteiger charge is -2.39. The van der Waals surface area contributed by atoms with Gasteiger partial charge in [-0.15, -0.1) is 0 Å². The fourth-order valence-electron chi connectivity index (χ4n) is 4.08. The van der Waals surface area contributed by atoms with Crippen molar-refractivity contribution in [3.63, 3.8) is 0 Å². The van der Waals surface area contributed by atoms with E-state index in [2.05, 4.69) is 42.3 Å². The first-order valence-electron chi connectivity index (χ1n) is 8.84. The van der Waals surface area contributed by atoms with Gasteiger partial charge in [-0.25, -0.2) is 0 Å². The molecule has 0 aromatic heterocycles. The van der Waals surface area contributed by atoms with E-state index in [1.807, 2.05) is 24.3 Å². The second kappa shape index (κ2) is 6.90. The zero-order valence-corrected chi connectivity index (χ0v) is 15.8. The molecule has 1 aliphatic carbocycles. The number of benzene rings is 2. The molecule has 128 valence electrons. The fourth-order valence-corrected chi connectivity index (χ4v) is 4.33. The van der Waals surface area contributed by atoms with Gasteiger partial charge in [-0.2, -0.15) is 0 Å². The van der Waals surface area contributed by atoms with E-state index in [1.54, 1.807) is 5.57 Å². The van der Waals surface area contributed by atoms with Gasteiger partial charge in [0.1, 0.15) is 0 Å². The van der Waals surface area contributed by atoms with Crippen LogP contribution in [0.2, 0.25) is 10.0 Å². The molecular formula is C22H21Cl2N. The highest BCUT2D eigenvalue weighted by Gasteiger charge is 2.30. The van der Waals surface area contributed by atoms with Crippen molar-refractivity contribution < 1.29 is 0 Å². The average Bonchev–Trinajstić information content (AvgIpc) is 2.63. The van der Waals surface area contributed by atoms with E-state index in [9.17, 15) is 0 Å². The maximum atomic E-state index is 6.09. The third-order valence-electron chi connectivity index (χ3n) is 5.22. The molecule has 0 spiro atoms. The van der Waals surface area contributed by atoms with Crippen LogP contribution in [0.5, 0.6) is 0 Å². The van der Waals surface area contributed by atoms with Crippen LogP contribution >= 0.6 is 23.2 Å². The number of allylic oxidation sites excluding steroid dienone is 3. The molecule has 2 aromatic rings. The standard InChI is InChI=1S/C22H21Cl2N/c1-15-14-25(19-12-10-18(24)11-13-19)21-5-3-2-4-20(21)22(15)16-6-8-17(23)9-7-16/h6-14,22H,2-5H2,1H3/t22-/m0/s1. The topological polar surface area (TPSA) is 3.24 Å². The number of hydrogen-bond donors (Lipinski definition) is 0. The molecule has 2 aliphatic rings. The van der Waals surface area contributed by atoms with E-state index in [0.29, 0.717) is 5.92 Å². The Morgan fingerprint density at radius 3 is 2.12 bits per heavy atom. The number of halogens is 2. The van der Waals surface area contributed by atoms with Crippen molar-refractivity contribution in [2.75, 3.05) is 4.90 Å². The number of nitrogens with zero attached hydrogens (tertiary/aromatic N) is 1. The summed E-state index contributed by atoms with van der Waals surface area (Å²) in [6.07, 6.45) is 7.12. The minimum Gasteiger partial charge on any atom is -0.321 e. The molecule has 0 N–H and O–H groups in total. The van der Waals surface area contributed by atoms with Crippen LogP contribution < -0.4 is 4.90 Å². The zero-order valence-electron chi connectivity index (χ0n) is 14.3. The Hall–Kier alpha value is -1.70. The van der Waals surface area contributed by atoms with Crippen LogP contribution in [0.15, 0.2) is 71.6 Å². The van der Waals surface area contributed by atoms with E-state index in [4.69, 9.17) is 23.2 Å². The fraction of sp³-hybridized carbons (Fsp3) is 0.273. The highest BCUT2D eigenvalue weighted by atomic mass is 35.5. The first-order chi connectivity index (χ1) is 12.1. The molecule has 0 unspecified atom stereocenters. The van der Waals surface area contributed by atoms with Gasteiger partial charge < -0.3 is 4.90 Å². The Balaban J connectivity index is 1.79. The maximum absolute atomic E-state index is 6.09. The molecule has 4 rings (SSSR count). The van der Waals surface area contributed by atoms with Gasteiger partial charge in [-0.05, 0) is 85.7 Å². The maximum Gasteiger partial charge on any atom is 0.0453 e. The minimum absolute atomic E-state index is 0.371. The van der Waals surface area contributed by atoms with Gasteiger partial charge in [0.05, 0.1) is 0 Å². The smallest absolute Gasteiger partial charge is 0.0453 e. The van der Waals surface area contributed by atoms with Crippen LogP contribution in [0.25, 0.3) is 0 Å². The molecule has 25 heavy (non-hydrogen) atoms. The number of rotatable bonds is 2. The molecule has 0 fully saturated rings. The Kier molecular flexibility index (Phi) is 4.62. The molecule has 1 atom stereocenters. The van der Waals surface area contributed by atoms with Crippen molar-refractivity contribution in [1.29, 1.82) is 0 Å². The third-order valence-corrected chi connectivity index (χ3v) is 5.72. The third kappa shape index (κ3) is 3.23. The summed E-state index contributed by atoms with van der Waals surface area (Å²) in [5, 5.41) is 1.57. The van der Waals surface area contributed by atoms with Crippen LogP contribution in [0.4, 0.5) is 5.69 Å². The van der Waals surface area contributed by atoms with E-state index in [-0.39, 0.29) is 0 Å². The molecule has 2 aromatic carbocycles. The van der Waals surface area contributed by atoms with Crippen molar-refractivity contribution in [2.45, 2.75) is 38.5 Å². The molecule has 3 heteroatoms. The van der Waals surface area contributed by atoms with Gasteiger partial charge in [-0.1, -0.05) is 35.3 Å². The number of anilines is 1. The van der Waals surface area contributed by atoms with Gasteiger partial charge >= 0.3 is 0 Å². The van der Waals surface area contributed by atoms with Crippen molar-refractivity contribution in [3.8, 4) is 0 Å². The molecule has 1 nitrogen and oxygen atoms in total. The van der Waals surface area contributed by atoms with E-state index < -0.39 is 0 Å². The predicted molar refractivity (Wildman–Crippen MR) is 107 cm³/mol. The molecule has 0 amide bonds. The Morgan fingerprint density at radius 2 is 1.44 bits per heavy atom. The molecule has 1 heterocycles. The summed E-state index contributed by atoms with van der Waals surface area (Å²) >= 11 is 12.2. The predicted octanol–water partition coefficient (Wildman–Crippen LogP) is 7.33. The highest BCUT2D eigenvalue weighted by Crippen LogP contribution is 2.46. The second-order valence-electron chi connectivity index (χ2n) is 6.88. The van der Waals surface area contributed by atoms with Crippen molar-refractivity contribution in [3.05, 3.63) is 87.2 Å².